The molecule has 1 amide bonds. The summed E-state index contributed by atoms with van der Waals surface area (Å²) in [7, 11) is 3.15. The molecule has 1 aliphatic rings. The Hall–Kier alpha value is -1.75. The molecule has 1 aliphatic heterocycles. The molecule has 0 saturated carbocycles. The van der Waals surface area contributed by atoms with Gasteiger partial charge in [-0.3, -0.25) is 4.79 Å². The molecule has 1 saturated heterocycles. The molecule has 1 aromatic rings. The summed E-state index contributed by atoms with van der Waals surface area (Å²) in [4.78, 5) is 12.3. The molecule has 0 spiro atoms. The van der Waals surface area contributed by atoms with Crippen LogP contribution in [0.25, 0.3) is 0 Å². The first-order valence-corrected chi connectivity index (χ1v) is 7.38. The van der Waals surface area contributed by atoms with Gasteiger partial charge in [0.2, 0.25) is 0 Å². The molecule has 2 N–H and O–H groups in total. The van der Waals surface area contributed by atoms with Crippen molar-refractivity contribution in [3.63, 3.8) is 0 Å². The van der Waals surface area contributed by atoms with Crippen molar-refractivity contribution in [1.29, 1.82) is 0 Å². The van der Waals surface area contributed by atoms with Crippen molar-refractivity contribution >= 4 is 5.91 Å². The van der Waals surface area contributed by atoms with Crippen LogP contribution in [0.15, 0.2) is 18.2 Å². The Labute approximate surface area is 126 Å². The predicted molar refractivity (Wildman–Crippen MR) is 82.1 cm³/mol. The number of ether oxygens (including phenoxy) is 2. The van der Waals surface area contributed by atoms with Crippen LogP contribution >= 0.6 is 0 Å². The summed E-state index contributed by atoms with van der Waals surface area (Å²) < 4.78 is 10.4. The Morgan fingerprint density at radius 2 is 1.95 bits per heavy atom. The van der Waals surface area contributed by atoms with E-state index < -0.39 is 0 Å². The van der Waals surface area contributed by atoms with E-state index >= 15 is 0 Å². The predicted octanol–water partition coefficient (Wildman–Crippen LogP) is 1.82. The zero-order chi connectivity index (χ0) is 15.2. The number of hydrogen-bond donors (Lipinski definition) is 2. The van der Waals surface area contributed by atoms with Gasteiger partial charge in [-0.15, -0.1) is 0 Å². The van der Waals surface area contributed by atoms with Gasteiger partial charge in [-0.05, 0) is 37.4 Å². The molecular formula is C16H24N2O3. The Morgan fingerprint density at radius 1 is 1.29 bits per heavy atom. The number of benzene rings is 1. The van der Waals surface area contributed by atoms with Gasteiger partial charge < -0.3 is 20.1 Å². The van der Waals surface area contributed by atoms with E-state index in [2.05, 4.69) is 17.6 Å². The van der Waals surface area contributed by atoms with Gasteiger partial charge in [0, 0.05) is 24.2 Å². The summed E-state index contributed by atoms with van der Waals surface area (Å²) >= 11 is 0. The lowest BCUT2D eigenvalue weighted by atomic mass is 9.93. The molecular weight excluding hydrogens is 268 g/mol. The van der Waals surface area contributed by atoms with Crippen LogP contribution < -0.4 is 20.1 Å². The third-order valence-corrected chi connectivity index (χ3v) is 4.03. The smallest absolute Gasteiger partial charge is 0.251 e. The lowest BCUT2D eigenvalue weighted by Crippen LogP contribution is -2.47. The fourth-order valence-electron chi connectivity index (χ4n) is 2.63. The van der Waals surface area contributed by atoms with Crippen LogP contribution in [0.4, 0.5) is 0 Å². The molecule has 0 bridgehead atoms. The van der Waals surface area contributed by atoms with Gasteiger partial charge in [-0.1, -0.05) is 6.92 Å². The number of amides is 1. The zero-order valence-electron chi connectivity index (χ0n) is 12.9. The van der Waals surface area contributed by atoms with Crippen molar-refractivity contribution in [2.75, 3.05) is 27.3 Å². The van der Waals surface area contributed by atoms with Crippen molar-refractivity contribution in [3.8, 4) is 11.5 Å². The van der Waals surface area contributed by atoms with Crippen LogP contribution in [-0.2, 0) is 0 Å². The quantitative estimate of drug-likeness (QED) is 0.869. The Bertz CT molecular complexity index is 468. The van der Waals surface area contributed by atoms with Crippen LogP contribution in [0, 0.1) is 5.92 Å². The first-order chi connectivity index (χ1) is 10.1. The van der Waals surface area contributed by atoms with Crippen molar-refractivity contribution in [1.82, 2.24) is 10.6 Å². The first kappa shape index (κ1) is 15.6. The van der Waals surface area contributed by atoms with E-state index in [1.807, 2.05) is 0 Å². The normalized spacial score (nSPS) is 21.7. The highest BCUT2D eigenvalue weighted by Gasteiger charge is 2.21. The summed E-state index contributed by atoms with van der Waals surface area (Å²) in [5, 5.41) is 6.45. The SMILES string of the molecule is COc1cc(OC)cc(C(=O)NCC2NCCCC2C)c1. The van der Waals surface area contributed by atoms with E-state index in [1.54, 1.807) is 32.4 Å². The Kier molecular flexibility index (Phi) is 5.44. The van der Waals surface area contributed by atoms with E-state index in [1.165, 1.54) is 12.8 Å². The number of methoxy groups -OCH3 is 2. The van der Waals surface area contributed by atoms with E-state index in [-0.39, 0.29) is 5.91 Å². The molecule has 21 heavy (non-hydrogen) atoms. The standard InChI is InChI=1S/C16H24N2O3/c1-11-5-4-6-17-15(11)10-18-16(19)12-7-13(20-2)9-14(8-12)21-3/h7-9,11,15,17H,4-6,10H2,1-3H3,(H,18,19). The molecule has 0 aromatic heterocycles. The monoisotopic (exact) mass is 292 g/mol. The minimum atomic E-state index is -0.105. The average molecular weight is 292 g/mol. The lowest BCUT2D eigenvalue weighted by molar-refractivity contribution is 0.0943. The highest BCUT2D eigenvalue weighted by atomic mass is 16.5. The van der Waals surface area contributed by atoms with Gasteiger partial charge in [-0.2, -0.15) is 0 Å². The van der Waals surface area contributed by atoms with E-state index in [4.69, 9.17) is 9.47 Å². The molecule has 1 aromatic carbocycles. The second-order valence-electron chi connectivity index (χ2n) is 5.49. The molecule has 2 atom stereocenters. The van der Waals surface area contributed by atoms with Crippen LogP contribution in [0.5, 0.6) is 11.5 Å². The highest BCUT2D eigenvalue weighted by molar-refractivity contribution is 5.95. The van der Waals surface area contributed by atoms with Crippen LogP contribution in [0.1, 0.15) is 30.1 Å². The molecule has 116 valence electrons. The Morgan fingerprint density at radius 3 is 2.52 bits per heavy atom. The third kappa shape index (κ3) is 4.11. The largest absolute Gasteiger partial charge is 0.497 e. The number of nitrogens with one attached hydrogen (secondary N) is 2. The zero-order valence-corrected chi connectivity index (χ0v) is 12.9. The number of carbonyl (C=O) groups is 1. The minimum absolute atomic E-state index is 0.105. The molecule has 5 nitrogen and oxygen atoms in total. The Balaban J connectivity index is 1.99. The van der Waals surface area contributed by atoms with E-state index in [0.717, 1.165) is 6.54 Å². The molecule has 2 unspecified atom stereocenters. The molecule has 1 fully saturated rings. The number of piperidine rings is 1. The molecule has 0 aliphatic carbocycles. The van der Waals surface area contributed by atoms with Crippen LogP contribution in [0.2, 0.25) is 0 Å². The molecule has 5 heteroatoms. The summed E-state index contributed by atoms with van der Waals surface area (Å²) in [6.45, 7) is 3.88. The first-order valence-electron chi connectivity index (χ1n) is 7.38. The topological polar surface area (TPSA) is 59.6 Å². The van der Waals surface area contributed by atoms with Gasteiger partial charge >= 0.3 is 0 Å². The van der Waals surface area contributed by atoms with Crippen molar-refractivity contribution in [2.45, 2.75) is 25.8 Å². The average Bonchev–Trinajstić information content (AvgIpc) is 2.53. The maximum absolute atomic E-state index is 12.3. The fraction of sp³-hybridized carbons (Fsp3) is 0.562. The summed E-state index contributed by atoms with van der Waals surface area (Å²) in [6.07, 6.45) is 2.42. The van der Waals surface area contributed by atoms with Crippen molar-refractivity contribution in [3.05, 3.63) is 23.8 Å². The second-order valence-corrected chi connectivity index (χ2v) is 5.49. The summed E-state index contributed by atoms with van der Waals surface area (Å²) in [5.41, 5.74) is 0.551. The minimum Gasteiger partial charge on any atom is -0.497 e. The maximum Gasteiger partial charge on any atom is 0.251 e. The number of carbonyl (C=O) groups excluding carboxylic acids is 1. The van der Waals surface area contributed by atoms with Crippen molar-refractivity contribution < 1.29 is 14.3 Å². The van der Waals surface area contributed by atoms with Gasteiger partial charge in [-0.25, -0.2) is 0 Å². The third-order valence-electron chi connectivity index (χ3n) is 4.03. The second kappa shape index (κ2) is 7.31. The molecule has 0 radical (unpaired) electrons. The summed E-state index contributed by atoms with van der Waals surface area (Å²) in [6, 6.07) is 5.53. The number of hydrogen-bond acceptors (Lipinski definition) is 4. The fourth-order valence-corrected chi connectivity index (χ4v) is 2.63. The van der Waals surface area contributed by atoms with Gasteiger partial charge in [0.1, 0.15) is 11.5 Å². The van der Waals surface area contributed by atoms with Gasteiger partial charge in [0.15, 0.2) is 0 Å². The summed E-state index contributed by atoms with van der Waals surface area (Å²) in [5.74, 6) is 1.71. The van der Waals surface area contributed by atoms with Gasteiger partial charge in [0.25, 0.3) is 5.91 Å². The van der Waals surface area contributed by atoms with Crippen LogP contribution in [0.3, 0.4) is 0 Å². The molecule has 1 heterocycles. The van der Waals surface area contributed by atoms with Crippen LogP contribution in [-0.4, -0.2) is 39.3 Å². The lowest BCUT2D eigenvalue weighted by Gasteiger charge is -2.30. The number of rotatable bonds is 5. The molecule has 2 rings (SSSR count). The van der Waals surface area contributed by atoms with E-state index in [9.17, 15) is 4.79 Å². The van der Waals surface area contributed by atoms with Gasteiger partial charge in [0.05, 0.1) is 14.2 Å². The van der Waals surface area contributed by atoms with Crippen molar-refractivity contribution in [2.24, 2.45) is 5.92 Å². The maximum atomic E-state index is 12.3. The van der Waals surface area contributed by atoms with E-state index in [0.29, 0.717) is 35.6 Å². The highest BCUT2D eigenvalue weighted by Crippen LogP contribution is 2.22.